The summed E-state index contributed by atoms with van der Waals surface area (Å²) in [6.45, 7) is 5.32. The first-order chi connectivity index (χ1) is 16.1. The molecular weight excluding hydrogens is 450 g/mol. The summed E-state index contributed by atoms with van der Waals surface area (Å²) in [4.78, 5) is 21.2. The van der Waals surface area contributed by atoms with Crippen molar-refractivity contribution in [3.8, 4) is 10.4 Å². The molecule has 0 N–H and O–H groups in total. The molecule has 1 saturated heterocycles. The van der Waals surface area contributed by atoms with Crippen LogP contribution in [0.25, 0.3) is 20.7 Å². The van der Waals surface area contributed by atoms with Crippen molar-refractivity contribution in [2.75, 3.05) is 13.1 Å². The van der Waals surface area contributed by atoms with Crippen LogP contribution in [0.5, 0.6) is 0 Å². The van der Waals surface area contributed by atoms with E-state index in [0.717, 1.165) is 22.4 Å². The van der Waals surface area contributed by atoms with Gasteiger partial charge in [0.2, 0.25) is 0 Å². The minimum absolute atomic E-state index is 0.0283. The number of piperidine rings is 1. The Morgan fingerprint density at radius 2 is 1.76 bits per heavy atom. The van der Waals surface area contributed by atoms with E-state index in [1.807, 2.05) is 30.3 Å². The number of thiophene rings is 1. The first-order valence-corrected chi connectivity index (χ1v) is 12.9. The summed E-state index contributed by atoms with van der Waals surface area (Å²) >= 11 is 7.50. The fourth-order valence-corrected chi connectivity index (χ4v) is 5.78. The maximum Gasteiger partial charge on any atom is 0.271 e. The summed E-state index contributed by atoms with van der Waals surface area (Å²) < 4.78 is 2.43. The van der Waals surface area contributed by atoms with E-state index in [1.165, 1.54) is 54.8 Å². The van der Waals surface area contributed by atoms with E-state index in [9.17, 15) is 4.79 Å². The number of hydrogen-bond donors (Lipinski definition) is 0. The molecule has 4 nitrogen and oxygen atoms in total. The van der Waals surface area contributed by atoms with Crippen molar-refractivity contribution in [3.05, 3.63) is 87.4 Å². The normalized spacial score (nSPS) is 15.7. The van der Waals surface area contributed by atoms with E-state index in [0.29, 0.717) is 22.3 Å². The standard InChI is InChI=1S/C27H28ClN3OS/c1-19(30-14-3-2-4-15-30)21-7-5-20(6-8-21)13-16-31-18-29-24-17-25(33-26(24)27(31)32)22-9-11-23(28)12-10-22/h5-12,17-19H,2-4,13-16H2,1H3. The molecule has 1 aliphatic heterocycles. The molecule has 33 heavy (non-hydrogen) atoms. The smallest absolute Gasteiger partial charge is 0.271 e. The number of aromatic nitrogens is 2. The molecule has 1 atom stereocenters. The second kappa shape index (κ2) is 9.80. The van der Waals surface area contributed by atoms with E-state index in [1.54, 1.807) is 10.9 Å². The monoisotopic (exact) mass is 477 g/mol. The Hall–Kier alpha value is -2.47. The molecular formula is C27H28ClN3OS. The molecule has 0 aliphatic carbocycles. The lowest BCUT2D eigenvalue weighted by atomic mass is 10.0. The molecule has 0 spiro atoms. The lowest BCUT2D eigenvalue weighted by Crippen LogP contribution is -2.32. The van der Waals surface area contributed by atoms with Gasteiger partial charge in [-0.3, -0.25) is 14.3 Å². The number of halogens is 1. The van der Waals surface area contributed by atoms with Gasteiger partial charge in [-0.05, 0) is 74.2 Å². The lowest BCUT2D eigenvalue weighted by Gasteiger charge is -2.32. The predicted molar refractivity (Wildman–Crippen MR) is 138 cm³/mol. The number of fused-ring (bicyclic) bond motifs is 1. The summed E-state index contributed by atoms with van der Waals surface area (Å²) in [5.74, 6) is 0. The number of benzene rings is 2. The molecule has 0 radical (unpaired) electrons. The Morgan fingerprint density at radius 1 is 1.03 bits per heavy atom. The van der Waals surface area contributed by atoms with Crippen LogP contribution in [0.1, 0.15) is 43.4 Å². The van der Waals surface area contributed by atoms with Gasteiger partial charge < -0.3 is 0 Å². The average Bonchev–Trinajstić information content (AvgIpc) is 3.30. The van der Waals surface area contributed by atoms with E-state index < -0.39 is 0 Å². The summed E-state index contributed by atoms with van der Waals surface area (Å²) in [6.07, 6.45) is 6.45. The van der Waals surface area contributed by atoms with Gasteiger partial charge in [0.25, 0.3) is 5.56 Å². The van der Waals surface area contributed by atoms with Crippen LogP contribution in [0.4, 0.5) is 0 Å². The Morgan fingerprint density at radius 3 is 2.48 bits per heavy atom. The van der Waals surface area contributed by atoms with Crippen molar-refractivity contribution in [1.29, 1.82) is 0 Å². The van der Waals surface area contributed by atoms with Gasteiger partial charge in [-0.15, -0.1) is 11.3 Å². The highest BCUT2D eigenvalue weighted by Crippen LogP contribution is 2.31. The quantitative estimate of drug-likeness (QED) is 0.315. The van der Waals surface area contributed by atoms with Gasteiger partial charge in [-0.2, -0.15) is 0 Å². The number of likely N-dealkylation sites (tertiary alicyclic amines) is 1. The zero-order chi connectivity index (χ0) is 22.8. The second-order valence-corrected chi connectivity index (χ2v) is 10.3. The summed E-state index contributed by atoms with van der Waals surface area (Å²) in [5.41, 5.74) is 4.44. The number of rotatable bonds is 6. The van der Waals surface area contributed by atoms with Crippen molar-refractivity contribution < 1.29 is 0 Å². The maximum absolute atomic E-state index is 13.1. The molecule has 1 aliphatic rings. The Bertz CT molecular complexity index is 1290. The lowest BCUT2D eigenvalue weighted by molar-refractivity contribution is 0.175. The minimum atomic E-state index is 0.0283. The van der Waals surface area contributed by atoms with Gasteiger partial charge >= 0.3 is 0 Å². The van der Waals surface area contributed by atoms with E-state index in [2.05, 4.69) is 41.1 Å². The van der Waals surface area contributed by atoms with Crippen LogP contribution < -0.4 is 5.56 Å². The minimum Gasteiger partial charge on any atom is -0.298 e. The maximum atomic E-state index is 13.1. The van der Waals surface area contributed by atoms with Gasteiger partial charge in [-0.25, -0.2) is 4.98 Å². The fourth-order valence-electron chi connectivity index (χ4n) is 4.59. The van der Waals surface area contributed by atoms with Crippen molar-refractivity contribution >= 4 is 33.2 Å². The molecule has 0 bridgehead atoms. The highest BCUT2D eigenvalue weighted by molar-refractivity contribution is 7.22. The topological polar surface area (TPSA) is 38.1 Å². The molecule has 2 aromatic carbocycles. The number of nitrogens with zero attached hydrogens (tertiary/aromatic N) is 3. The molecule has 0 saturated carbocycles. The molecule has 0 amide bonds. The molecule has 6 heteroatoms. The van der Waals surface area contributed by atoms with Crippen LogP contribution in [0.2, 0.25) is 5.02 Å². The second-order valence-electron chi connectivity index (χ2n) is 8.84. The molecule has 4 aromatic rings. The average molecular weight is 478 g/mol. The molecule has 3 heterocycles. The number of aryl methyl sites for hydroxylation is 2. The Balaban J connectivity index is 1.28. The van der Waals surface area contributed by atoms with Crippen molar-refractivity contribution in [2.24, 2.45) is 0 Å². The first-order valence-electron chi connectivity index (χ1n) is 11.7. The number of hydrogen-bond acceptors (Lipinski definition) is 4. The van der Waals surface area contributed by atoms with Gasteiger partial charge in [0.1, 0.15) is 4.70 Å². The predicted octanol–water partition coefficient (Wildman–Crippen LogP) is 6.57. The van der Waals surface area contributed by atoms with Gasteiger partial charge in [0.15, 0.2) is 0 Å². The van der Waals surface area contributed by atoms with Gasteiger partial charge in [-0.1, -0.05) is 54.4 Å². The highest BCUT2D eigenvalue weighted by atomic mass is 35.5. The Kier molecular flexibility index (Phi) is 6.63. The molecule has 1 unspecified atom stereocenters. The van der Waals surface area contributed by atoms with Crippen LogP contribution in [-0.2, 0) is 13.0 Å². The third-order valence-corrected chi connectivity index (χ3v) is 8.09. The summed E-state index contributed by atoms with van der Waals surface area (Å²) in [7, 11) is 0. The molecule has 1 fully saturated rings. The van der Waals surface area contributed by atoms with Crippen molar-refractivity contribution in [2.45, 2.75) is 45.2 Å². The van der Waals surface area contributed by atoms with Gasteiger partial charge in [0.05, 0.1) is 11.8 Å². The van der Waals surface area contributed by atoms with Crippen LogP contribution in [-0.4, -0.2) is 27.5 Å². The van der Waals surface area contributed by atoms with Crippen molar-refractivity contribution in [3.63, 3.8) is 0 Å². The van der Waals surface area contributed by atoms with Crippen LogP contribution >= 0.6 is 22.9 Å². The summed E-state index contributed by atoms with van der Waals surface area (Å²) in [6, 6.07) is 19.0. The van der Waals surface area contributed by atoms with E-state index in [4.69, 9.17) is 11.6 Å². The fraction of sp³-hybridized carbons (Fsp3) is 0.333. The van der Waals surface area contributed by atoms with E-state index >= 15 is 0 Å². The SMILES string of the molecule is CC(c1ccc(CCn2cnc3cc(-c4ccc(Cl)cc4)sc3c2=O)cc1)N1CCCCC1. The van der Waals surface area contributed by atoms with Crippen LogP contribution in [0.3, 0.4) is 0 Å². The zero-order valence-corrected chi connectivity index (χ0v) is 20.4. The van der Waals surface area contributed by atoms with Crippen LogP contribution in [0, 0.1) is 0 Å². The largest absolute Gasteiger partial charge is 0.298 e. The Labute approximate surface area is 203 Å². The first kappa shape index (κ1) is 22.3. The molecule has 5 rings (SSSR count). The third-order valence-electron chi connectivity index (χ3n) is 6.67. The zero-order valence-electron chi connectivity index (χ0n) is 18.8. The third kappa shape index (κ3) is 4.91. The van der Waals surface area contributed by atoms with Gasteiger partial charge in [0, 0.05) is 22.5 Å². The molecule has 170 valence electrons. The molecule has 2 aromatic heterocycles. The summed E-state index contributed by atoms with van der Waals surface area (Å²) in [5, 5.41) is 0.703. The van der Waals surface area contributed by atoms with Crippen LogP contribution in [0.15, 0.2) is 65.7 Å². The highest BCUT2D eigenvalue weighted by Gasteiger charge is 2.18. The van der Waals surface area contributed by atoms with Crippen molar-refractivity contribution in [1.82, 2.24) is 14.5 Å². The van der Waals surface area contributed by atoms with E-state index in [-0.39, 0.29) is 5.56 Å².